The van der Waals surface area contributed by atoms with Gasteiger partial charge < -0.3 is 24.1 Å². The van der Waals surface area contributed by atoms with E-state index in [1.165, 1.54) is 14.2 Å². The lowest BCUT2D eigenvalue weighted by Gasteiger charge is -2.15. The van der Waals surface area contributed by atoms with Gasteiger partial charge in [-0.1, -0.05) is 6.07 Å². The number of aliphatic carboxylic acids is 1. The zero-order valence-electron chi connectivity index (χ0n) is 14.4. The minimum atomic E-state index is -1.09. The molecule has 1 aliphatic rings. The smallest absolute Gasteiger partial charge is 0.311 e. The molecule has 1 aliphatic heterocycles. The fraction of sp³-hybridized carbons (Fsp3) is 0.263. The van der Waals surface area contributed by atoms with Crippen LogP contribution in [0.4, 0.5) is 0 Å². The molecule has 7 heteroatoms. The van der Waals surface area contributed by atoms with Crippen molar-refractivity contribution in [3.63, 3.8) is 0 Å². The number of rotatable bonds is 7. The average Bonchev–Trinajstić information content (AvgIpc) is 3.12. The first-order valence-electron chi connectivity index (χ1n) is 7.91. The molecule has 136 valence electrons. The number of ether oxygens (including phenoxy) is 4. The van der Waals surface area contributed by atoms with Crippen molar-refractivity contribution in [1.82, 2.24) is 0 Å². The number of hydrogen-bond acceptors (Lipinski definition) is 6. The Hall–Kier alpha value is -3.22. The number of carboxylic acids is 1. The van der Waals surface area contributed by atoms with Gasteiger partial charge in [0.25, 0.3) is 0 Å². The van der Waals surface area contributed by atoms with Crippen molar-refractivity contribution in [2.75, 3.05) is 21.0 Å². The fourth-order valence-electron chi connectivity index (χ4n) is 2.79. The Morgan fingerprint density at radius 3 is 2.46 bits per heavy atom. The molecule has 0 unspecified atom stereocenters. The quantitative estimate of drug-likeness (QED) is 0.761. The molecule has 0 aliphatic carbocycles. The summed E-state index contributed by atoms with van der Waals surface area (Å²) in [5.74, 6) is -0.455. The minimum absolute atomic E-state index is 0.108. The first-order valence-corrected chi connectivity index (χ1v) is 7.91. The summed E-state index contributed by atoms with van der Waals surface area (Å²) in [4.78, 5) is 24.3. The first kappa shape index (κ1) is 17.6. The van der Waals surface area contributed by atoms with Crippen LogP contribution in [0.1, 0.15) is 28.3 Å². The van der Waals surface area contributed by atoms with Crippen LogP contribution in [0.25, 0.3) is 0 Å². The van der Waals surface area contributed by atoms with Crippen LogP contribution >= 0.6 is 0 Å². The molecule has 0 amide bonds. The Bertz CT molecular complexity index is 844. The summed E-state index contributed by atoms with van der Waals surface area (Å²) in [6.45, 7) is 0.108. The fourth-order valence-corrected chi connectivity index (χ4v) is 2.79. The van der Waals surface area contributed by atoms with E-state index in [0.29, 0.717) is 34.1 Å². The molecule has 0 bridgehead atoms. The van der Waals surface area contributed by atoms with Gasteiger partial charge in [-0.3, -0.25) is 9.59 Å². The van der Waals surface area contributed by atoms with E-state index in [4.69, 9.17) is 18.9 Å². The summed E-state index contributed by atoms with van der Waals surface area (Å²) in [6, 6.07) is 9.62. The van der Waals surface area contributed by atoms with Gasteiger partial charge in [0.05, 0.1) is 20.1 Å². The highest BCUT2D eigenvalue weighted by Crippen LogP contribution is 2.35. The molecule has 1 atom stereocenters. The maximum atomic E-state index is 12.6. The predicted molar refractivity (Wildman–Crippen MR) is 91.4 cm³/mol. The van der Waals surface area contributed by atoms with E-state index in [2.05, 4.69) is 0 Å². The maximum absolute atomic E-state index is 12.6. The lowest BCUT2D eigenvalue weighted by molar-refractivity contribution is -0.138. The van der Waals surface area contributed by atoms with Crippen molar-refractivity contribution >= 4 is 11.8 Å². The topological polar surface area (TPSA) is 91.3 Å². The molecular formula is C19H18O7. The van der Waals surface area contributed by atoms with Gasteiger partial charge in [-0.15, -0.1) is 0 Å². The number of Topliss-reactive ketones (excluding diaryl/α,β-unsaturated/α-hetero) is 1. The molecular weight excluding hydrogens is 340 g/mol. The van der Waals surface area contributed by atoms with Crippen LogP contribution in [0.15, 0.2) is 36.4 Å². The minimum Gasteiger partial charge on any atom is -0.493 e. The second kappa shape index (κ2) is 7.35. The van der Waals surface area contributed by atoms with Crippen molar-refractivity contribution in [2.45, 2.75) is 12.3 Å². The van der Waals surface area contributed by atoms with E-state index in [-0.39, 0.29) is 19.0 Å². The number of benzene rings is 2. The molecule has 0 saturated carbocycles. The number of hydrogen-bond donors (Lipinski definition) is 1. The molecule has 0 saturated heterocycles. The highest BCUT2D eigenvalue weighted by Gasteiger charge is 2.26. The van der Waals surface area contributed by atoms with Crippen molar-refractivity contribution in [1.29, 1.82) is 0 Å². The van der Waals surface area contributed by atoms with Crippen molar-refractivity contribution in [3.8, 4) is 23.0 Å². The van der Waals surface area contributed by atoms with E-state index in [1.54, 1.807) is 36.4 Å². The molecule has 0 fully saturated rings. The van der Waals surface area contributed by atoms with Gasteiger partial charge >= 0.3 is 5.97 Å². The van der Waals surface area contributed by atoms with Crippen LogP contribution in [0.5, 0.6) is 23.0 Å². The number of methoxy groups -OCH3 is 2. The van der Waals surface area contributed by atoms with E-state index in [0.717, 1.165) is 0 Å². The van der Waals surface area contributed by atoms with Crippen LogP contribution < -0.4 is 18.9 Å². The van der Waals surface area contributed by atoms with Crippen LogP contribution in [0.3, 0.4) is 0 Å². The third-order valence-electron chi connectivity index (χ3n) is 4.19. The molecule has 2 aromatic carbocycles. The Balaban J connectivity index is 1.85. The highest BCUT2D eigenvalue weighted by molar-refractivity contribution is 5.99. The third-order valence-corrected chi connectivity index (χ3v) is 4.19. The molecule has 2 aromatic rings. The van der Waals surface area contributed by atoms with Gasteiger partial charge in [0.15, 0.2) is 28.8 Å². The van der Waals surface area contributed by atoms with Gasteiger partial charge in [0.2, 0.25) is 6.79 Å². The molecule has 1 N–H and O–H groups in total. The Labute approximate surface area is 150 Å². The van der Waals surface area contributed by atoms with Crippen LogP contribution in [-0.2, 0) is 4.79 Å². The summed E-state index contributed by atoms with van der Waals surface area (Å²) in [6.07, 6.45) is -0.190. The third kappa shape index (κ3) is 3.42. The van der Waals surface area contributed by atoms with Crippen molar-refractivity contribution in [2.24, 2.45) is 0 Å². The van der Waals surface area contributed by atoms with Crippen molar-refractivity contribution in [3.05, 3.63) is 47.5 Å². The molecule has 1 heterocycles. The molecule has 0 radical (unpaired) electrons. The van der Waals surface area contributed by atoms with E-state index >= 15 is 0 Å². The van der Waals surface area contributed by atoms with Crippen molar-refractivity contribution < 1.29 is 33.6 Å². The first-order chi connectivity index (χ1) is 12.5. The summed E-state index contributed by atoms with van der Waals surface area (Å²) < 4.78 is 20.8. The monoisotopic (exact) mass is 358 g/mol. The molecule has 0 aromatic heterocycles. The predicted octanol–water partition coefficient (Wildman–Crippen LogP) is 2.87. The van der Waals surface area contributed by atoms with Gasteiger partial charge in [-0.2, -0.15) is 0 Å². The number of carbonyl (C=O) groups excluding carboxylic acids is 1. The lowest BCUT2D eigenvalue weighted by Crippen LogP contribution is -2.16. The van der Waals surface area contributed by atoms with Gasteiger partial charge in [-0.25, -0.2) is 0 Å². The zero-order chi connectivity index (χ0) is 18.7. The summed E-state index contributed by atoms with van der Waals surface area (Å²) in [5, 5.41) is 9.60. The number of fused-ring (bicyclic) bond motifs is 1. The summed E-state index contributed by atoms with van der Waals surface area (Å²) >= 11 is 0. The Kier molecular flexibility index (Phi) is 4.97. The molecule has 3 rings (SSSR count). The van der Waals surface area contributed by atoms with Crippen LogP contribution in [-0.4, -0.2) is 37.9 Å². The Morgan fingerprint density at radius 1 is 1.04 bits per heavy atom. The van der Waals surface area contributed by atoms with E-state index in [1.807, 2.05) is 0 Å². The second-order valence-corrected chi connectivity index (χ2v) is 5.70. The van der Waals surface area contributed by atoms with Gasteiger partial charge in [0, 0.05) is 12.0 Å². The second-order valence-electron chi connectivity index (χ2n) is 5.70. The number of ketones is 1. The van der Waals surface area contributed by atoms with Crippen LogP contribution in [0, 0.1) is 0 Å². The highest BCUT2D eigenvalue weighted by atomic mass is 16.7. The number of carboxylic acid groups (broad SMARTS) is 1. The van der Waals surface area contributed by atoms with Gasteiger partial charge in [0.1, 0.15) is 0 Å². The number of carbonyl (C=O) groups is 2. The van der Waals surface area contributed by atoms with E-state index < -0.39 is 11.9 Å². The lowest BCUT2D eigenvalue weighted by atomic mass is 9.91. The average molecular weight is 358 g/mol. The standard InChI is InChI=1S/C19H18O7/c1-23-15-5-3-11(7-17(15)24-2)13(19(21)22)9-14(20)12-4-6-16-18(8-12)26-10-25-16/h3-8,13H,9-10H2,1-2H3,(H,21,22)/t13-/m0/s1. The summed E-state index contributed by atoms with van der Waals surface area (Å²) in [5.41, 5.74) is 0.838. The molecule has 7 nitrogen and oxygen atoms in total. The Morgan fingerprint density at radius 2 is 1.77 bits per heavy atom. The normalized spacial score (nSPS) is 13.2. The van der Waals surface area contributed by atoms with E-state index in [9.17, 15) is 14.7 Å². The van der Waals surface area contributed by atoms with Gasteiger partial charge in [-0.05, 0) is 35.9 Å². The molecule has 26 heavy (non-hydrogen) atoms. The maximum Gasteiger partial charge on any atom is 0.311 e. The van der Waals surface area contributed by atoms with Crippen LogP contribution in [0.2, 0.25) is 0 Å². The molecule has 0 spiro atoms. The largest absolute Gasteiger partial charge is 0.493 e. The summed E-state index contributed by atoms with van der Waals surface area (Å²) in [7, 11) is 2.96. The zero-order valence-corrected chi connectivity index (χ0v) is 14.4. The SMILES string of the molecule is COc1ccc([C@H](CC(=O)c2ccc3c(c2)OCO3)C(=O)O)cc1OC.